The topological polar surface area (TPSA) is 28.5 Å². The maximum Gasteiger partial charge on any atom is 0.266 e. The fourth-order valence-electron chi connectivity index (χ4n) is 7.40. The van der Waals surface area contributed by atoms with Crippen molar-refractivity contribution < 1.29 is 4.79 Å². The van der Waals surface area contributed by atoms with Gasteiger partial charge in [-0.15, -0.1) is 0 Å². The van der Waals surface area contributed by atoms with Gasteiger partial charge < -0.3 is 9.47 Å². The number of aryl methyl sites for hydroxylation is 1. The fourth-order valence-corrected chi connectivity index (χ4v) is 8.87. The molecule has 2 aliphatic carbocycles. The number of hydrogen-bond acceptors (Lipinski definition) is 4. The Kier molecular flexibility index (Phi) is 8.55. The van der Waals surface area contributed by atoms with E-state index in [1.807, 2.05) is 17.0 Å². The van der Waals surface area contributed by atoms with Crippen molar-refractivity contribution in [2.45, 2.75) is 76.7 Å². The number of nitrogens with zero attached hydrogens (tertiary/aromatic N) is 3. The summed E-state index contributed by atoms with van der Waals surface area (Å²) >= 11 is 13.5. The Morgan fingerprint density at radius 2 is 1.85 bits per heavy atom. The average Bonchev–Trinajstić information content (AvgIpc) is 3.70. The minimum atomic E-state index is 0.115. The normalized spacial score (nSPS) is 26.5. The van der Waals surface area contributed by atoms with Crippen molar-refractivity contribution >= 4 is 51.9 Å². The zero-order chi connectivity index (χ0) is 26.9. The van der Waals surface area contributed by atoms with Gasteiger partial charge >= 0.3 is 0 Å². The first-order chi connectivity index (χ1) is 19.0. The molecule has 1 aromatic heterocycles. The molecule has 7 heteroatoms. The molecular formula is C32H40ClN3OS2. The molecule has 1 amide bonds. The van der Waals surface area contributed by atoms with E-state index >= 15 is 0 Å². The molecule has 2 bridgehead atoms. The molecule has 1 aromatic carbocycles. The third kappa shape index (κ3) is 5.91. The van der Waals surface area contributed by atoms with E-state index in [4.69, 9.17) is 23.8 Å². The summed E-state index contributed by atoms with van der Waals surface area (Å²) in [7, 11) is 2.12. The summed E-state index contributed by atoms with van der Waals surface area (Å²) in [6.45, 7) is 3.77. The third-order valence-electron chi connectivity index (χ3n) is 9.50. The number of amides is 1. The van der Waals surface area contributed by atoms with Crippen LogP contribution in [0.1, 0.15) is 75.5 Å². The minimum Gasteiger partial charge on any atom is -0.344 e. The van der Waals surface area contributed by atoms with E-state index < -0.39 is 0 Å². The zero-order valence-corrected chi connectivity index (χ0v) is 25.4. The molecule has 3 atom stereocenters. The number of halogens is 1. The molecule has 0 N–H and O–H groups in total. The molecule has 6 rings (SSSR count). The van der Waals surface area contributed by atoms with Crippen LogP contribution in [0.2, 0.25) is 5.02 Å². The highest BCUT2D eigenvalue weighted by Gasteiger charge is 2.48. The maximum atomic E-state index is 13.7. The van der Waals surface area contributed by atoms with Gasteiger partial charge in [-0.2, -0.15) is 0 Å². The van der Waals surface area contributed by atoms with Crippen LogP contribution in [0, 0.1) is 11.8 Å². The highest BCUT2D eigenvalue weighted by atomic mass is 35.5. The van der Waals surface area contributed by atoms with Gasteiger partial charge in [0.2, 0.25) is 0 Å². The predicted octanol–water partition coefficient (Wildman–Crippen LogP) is 7.93. The fraction of sp³-hybridized carbons (Fsp3) is 0.562. The first-order valence-corrected chi connectivity index (χ1v) is 16.5. The van der Waals surface area contributed by atoms with Crippen molar-refractivity contribution in [3.05, 3.63) is 51.5 Å². The van der Waals surface area contributed by atoms with Gasteiger partial charge in [-0.3, -0.25) is 9.69 Å². The van der Waals surface area contributed by atoms with E-state index in [1.165, 1.54) is 88.3 Å². The lowest BCUT2D eigenvalue weighted by Gasteiger charge is -2.30. The van der Waals surface area contributed by atoms with Gasteiger partial charge in [0.25, 0.3) is 5.91 Å². The number of carbonyl (C=O) groups is 1. The SMILES string of the molecule is Cn1c(-c2ccc(Cl)cc2)cc(CCCCCN2CCCCC2)c1/C=C1\SC(=S)N(C2CC3CCC2C3)C1=O. The minimum absolute atomic E-state index is 0.115. The summed E-state index contributed by atoms with van der Waals surface area (Å²) in [4.78, 5) is 19.1. The summed E-state index contributed by atoms with van der Waals surface area (Å²) in [6, 6.07) is 10.7. The number of hydrogen-bond donors (Lipinski definition) is 0. The van der Waals surface area contributed by atoms with Crippen LogP contribution in [0.15, 0.2) is 35.2 Å². The van der Waals surface area contributed by atoms with Crippen LogP contribution in [-0.2, 0) is 18.3 Å². The van der Waals surface area contributed by atoms with E-state index in [0.717, 1.165) is 56.4 Å². The number of aromatic nitrogens is 1. The molecule has 4 fully saturated rings. The van der Waals surface area contributed by atoms with Crippen LogP contribution in [-0.4, -0.2) is 50.3 Å². The van der Waals surface area contributed by atoms with E-state index in [0.29, 0.717) is 12.0 Å². The molecule has 0 spiro atoms. The van der Waals surface area contributed by atoms with E-state index in [9.17, 15) is 4.79 Å². The molecule has 2 aromatic rings. The number of likely N-dealkylation sites (tertiary alicyclic amines) is 1. The second kappa shape index (κ2) is 12.1. The van der Waals surface area contributed by atoms with Gasteiger partial charge in [0.05, 0.1) is 4.91 Å². The van der Waals surface area contributed by atoms with E-state index in [-0.39, 0.29) is 5.91 Å². The van der Waals surface area contributed by atoms with Crippen LogP contribution in [0.5, 0.6) is 0 Å². The van der Waals surface area contributed by atoms with Crippen LogP contribution in [0.3, 0.4) is 0 Å². The van der Waals surface area contributed by atoms with Gasteiger partial charge in [-0.05, 0) is 118 Å². The van der Waals surface area contributed by atoms with Crippen molar-refractivity contribution in [3.8, 4) is 11.3 Å². The van der Waals surface area contributed by atoms with Crippen LogP contribution in [0.25, 0.3) is 17.3 Å². The van der Waals surface area contributed by atoms with Gasteiger partial charge in [-0.25, -0.2) is 0 Å². The smallest absolute Gasteiger partial charge is 0.266 e. The van der Waals surface area contributed by atoms with Gasteiger partial charge in [0.1, 0.15) is 4.32 Å². The molecule has 2 aliphatic heterocycles. The van der Waals surface area contributed by atoms with E-state index in [2.05, 4.69) is 40.8 Å². The molecule has 3 heterocycles. The van der Waals surface area contributed by atoms with Gasteiger partial charge in [0, 0.05) is 29.5 Å². The first-order valence-electron chi connectivity index (χ1n) is 14.9. The Morgan fingerprint density at radius 1 is 1.05 bits per heavy atom. The molecule has 4 nitrogen and oxygen atoms in total. The Balaban J connectivity index is 1.21. The highest BCUT2D eigenvalue weighted by Crippen LogP contribution is 2.49. The molecule has 3 unspecified atom stereocenters. The monoisotopic (exact) mass is 581 g/mol. The van der Waals surface area contributed by atoms with Crippen molar-refractivity contribution in [2.75, 3.05) is 19.6 Å². The number of fused-ring (bicyclic) bond motifs is 2. The zero-order valence-electron chi connectivity index (χ0n) is 23.0. The Hall–Kier alpha value is -1.60. The molecule has 208 valence electrons. The van der Waals surface area contributed by atoms with Crippen molar-refractivity contribution in [3.63, 3.8) is 0 Å². The van der Waals surface area contributed by atoms with Crippen molar-refractivity contribution in [2.24, 2.45) is 18.9 Å². The van der Waals surface area contributed by atoms with Crippen molar-refractivity contribution in [1.29, 1.82) is 0 Å². The first kappa shape index (κ1) is 27.6. The number of thiocarbonyl (C=S) groups is 1. The largest absolute Gasteiger partial charge is 0.344 e. The molecule has 4 aliphatic rings. The number of rotatable bonds is 9. The predicted molar refractivity (Wildman–Crippen MR) is 168 cm³/mol. The summed E-state index contributed by atoms with van der Waals surface area (Å²) < 4.78 is 2.99. The lowest BCUT2D eigenvalue weighted by atomic mass is 9.94. The summed E-state index contributed by atoms with van der Waals surface area (Å²) in [5.41, 5.74) is 4.74. The second-order valence-corrected chi connectivity index (χ2v) is 14.1. The number of thioether (sulfide) groups is 1. The lowest BCUT2D eigenvalue weighted by molar-refractivity contribution is -0.124. The van der Waals surface area contributed by atoms with Gasteiger partial charge in [0.15, 0.2) is 0 Å². The number of piperidine rings is 1. The number of carbonyl (C=O) groups excluding carboxylic acids is 1. The summed E-state index contributed by atoms with van der Waals surface area (Å²) in [5.74, 6) is 1.53. The standard InChI is InChI=1S/C32H40ClN3OS2/c1-34-27(23-11-13-26(33)14-12-23)20-24(8-4-2-5-15-35-16-6-3-7-17-35)28(34)21-30-31(37)36(32(38)39-30)29-19-22-9-10-25(29)18-22/h11-14,20-22,25,29H,2-10,15-19H2,1H3/b30-21-. The summed E-state index contributed by atoms with van der Waals surface area (Å²) in [6.07, 6.45) is 15.8. The Bertz CT molecular complexity index is 1250. The Morgan fingerprint density at radius 3 is 2.56 bits per heavy atom. The van der Waals surface area contributed by atoms with Crippen LogP contribution >= 0.6 is 35.6 Å². The Labute approximate surface area is 248 Å². The highest BCUT2D eigenvalue weighted by molar-refractivity contribution is 8.26. The maximum absolute atomic E-state index is 13.7. The molecule has 2 saturated heterocycles. The average molecular weight is 582 g/mol. The third-order valence-corrected chi connectivity index (χ3v) is 11.1. The molecular weight excluding hydrogens is 542 g/mol. The molecule has 0 radical (unpaired) electrons. The van der Waals surface area contributed by atoms with Gasteiger partial charge in [-0.1, -0.05) is 67.0 Å². The number of unbranched alkanes of at least 4 members (excludes halogenated alkanes) is 2. The van der Waals surface area contributed by atoms with Crippen LogP contribution < -0.4 is 0 Å². The van der Waals surface area contributed by atoms with Crippen molar-refractivity contribution in [1.82, 2.24) is 14.4 Å². The lowest BCUT2D eigenvalue weighted by Crippen LogP contribution is -2.41. The van der Waals surface area contributed by atoms with E-state index in [1.54, 1.807) is 0 Å². The quantitative estimate of drug-likeness (QED) is 0.171. The summed E-state index contributed by atoms with van der Waals surface area (Å²) in [5, 5.41) is 0.742. The second-order valence-electron chi connectivity index (χ2n) is 12.0. The number of benzene rings is 1. The molecule has 2 saturated carbocycles. The molecule has 39 heavy (non-hydrogen) atoms. The van der Waals surface area contributed by atoms with Crippen LogP contribution in [0.4, 0.5) is 0 Å².